The van der Waals surface area contributed by atoms with Crippen LogP contribution in [0.5, 0.6) is 0 Å². The predicted octanol–water partition coefficient (Wildman–Crippen LogP) is 3.82. The molecule has 0 aliphatic carbocycles. The molecule has 0 bridgehead atoms. The third-order valence-electron chi connectivity index (χ3n) is 5.00. The number of piperidine rings is 1. The molecule has 3 rings (SSSR count). The number of benzene rings is 1. The summed E-state index contributed by atoms with van der Waals surface area (Å²) in [6.07, 6.45) is 4.98. The molecular formula is C16H23N3O. The lowest BCUT2D eigenvalue weighted by molar-refractivity contribution is 0.196. The Hall–Kier alpha value is -1.71. The standard InChI is InChI=1S/C16H23N3O/c1-3-16(4-2)7-9-19(10-8-16)15-18-13-6-5-12(17)11-14(13)20-15/h5-6,11H,3-4,7-10,17H2,1-2H3. The maximum absolute atomic E-state index is 5.86. The average molecular weight is 273 g/mol. The third kappa shape index (κ3) is 2.23. The first-order valence-electron chi connectivity index (χ1n) is 7.57. The van der Waals surface area contributed by atoms with E-state index in [1.807, 2.05) is 18.2 Å². The minimum atomic E-state index is 0.521. The molecule has 2 N–H and O–H groups in total. The number of rotatable bonds is 3. The van der Waals surface area contributed by atoms with Crippen molar-refractivity contribution >= 4 is 22.8 Å². The Bertz CT molecular complexity index is 591. The van der Waals surface area contributed by atoms with E-state index in [0.29, 0.717) is 5.41 Å². The van der Waals surface area contributed by atoms with Gasteiger partial charge in [-0.05, 0) is 30.4 Å². The molecule has 1 aromatic carbocycles. The van der Waals surface area contributed by atoms with Crippen LogP contribution in [0, 0.1) is 5.41 Å². The maximum Gasteiger partial charge on any atom is 0.298 e. The summed E-state index contributed by atoms with van der Waals surface area (Å²) in [6, 6.07) is 6.37. The summed E-state index contributed by atoms with van der Waals surface area (Å²) in [4.78, 5) is 6.84. The van der Waals surface area contributed by atoms with Gasteiger partial charge in [-0.1, -0.05) is 26.7 Å². The highest BCUT2D eigenvalue weighted by atomic mass is 16.4. The van der Waals surface area contributed by atoms with Gasteiger partial charge >= 0.3 is 0 Å². The first-order chi connectivity index (χ1) is 9.65. The second kappa shape index (κ2) is 5.00. The summed E-state index contributed by atoms with van der Waals surface area (Å²) in [7, 11) is 0. The van der Waals surface area contributed by atoms with Crippen molar-refractivity contribution in [3.63, 3.8) is 0 Å². The molecule has 1 aromatic heterocycles. The maximum atomic E-state index is 5.86. The SMILES string of the molecule is CCC1(CC)CCN(c2nc3ccc(N)cc3o2)CC1. The van der Waals surface area contributed by atoms with Gasteiger partial charge < -0.3 is 15.1 Å². The molecule has 0 saturated carbocycles. The molecule has 0 atom stereocenters. The van der Waals surface area contributed by atoms with Crippen LogP contribution in [-0.4, -0.2) is 18.1 Å². The van der Waals surface area contributed by atoms with Crippen LogP contribution in [0.2, 0.25) is 0 Å². The summed E-state index contributed by atoms with van der Waals surface area (Å²) < 4.78 is 5.86. The number of fused-ring (bicyclic) bond motifs is 1. The molecule has 4 nitrogen and oxygen atoms in total. The van der Waals surface area contributed by atoms with E-state index in [4.69, 9.17) is 10.2 Å². The van der Waals surface area contributed by atoms with Gasteiger partial charge in [0.05, 0.1) is 0 Å². The van der Waals surface area contributed by atoms with Gasteiger partial charge in [0.25, 0.3) is 6.01 Å². The Kier molecular flexibility index (Phi) is 3.32. The molecule has 1 saturated heterocycles. The van der Waals surface area contributed by atoms with Crippen LogP contribution in [0.25, 0.3) is 11.1 Å². The van der Waals surface area contributed by atoms with Crippen molar-refractivity contribution < 1.29 is 4.42 Å². The monoisotopic (exact) mass is 273 g/mol. The first-order valence-corrected chi connectivity index (χ1v) is 7.57. The molecule has 20 heavy (non-hydrogen) atoms. The fraction of sp³-hybridized carbons (Fsp3) is 0.562. The number of hydrogen-bond acceptors (Lipinski definition) is 4. The van der Waals surface area contributed by atoms with Crippen molar-refractivity contribution in [3.05, 3.63) is 18.2 Å². The molecular weight excluding hydrogens is 250 g/mol. The van der Waals surface area contributed by atoms with Crippen LogP contribution in [-0.2, 0) is 0 Å². The van der Waals surface area contributed by atoms with Crippen LogP contribution < -0.4 is 10.6 Å². The molecule has 0 unspecified atom stereocenters. The highest BCUT2D eigenvalue weighted by molar-refractivity contribution is 5.78. The van der Waals surface area contributed by atoms with Gasteiger partial charge in [0.1, 0.15) is 5.52 Å². The largest absolute Gasteiger partial charge is 0.423 e. The summed E-state index contributed by atoms with van der Waals surface area (Å²) >= 11 is 0. The third-order valence-corrected chi connectivity index (χ3v) is 5.00. The van der Waals surface area contributed by atoms with E-state index in [0.717, 1.165) is 35.9 Å². The van der Waals surface area contributed by atoms with Gasteiger partial charge in [-0.3, -0.25) is 0 Å². The Morgan fingerprint density at radius 3 is 2.60 bits per heavy atom. The van der Waals surface area contributed by atoms with Gasteiger partial charge in [-0.25, -0.2) is 0 Å². The molecule has 2 aromatic rings. The minimum Gasteiger partial charge on any atom is -0.423 e. The molecule has 1 aliphatic heterocycles. The number of nitrogens with two attached hydrogens (primary N) is 1. The first kappa shape index (κ1) is 13.3. The van der Waals surface area contributed by atoms with Crippen LogP contribution in [0.1, 0.15) is 39.5 Å². The molecule has 0 radical (unpaired) electrons. The normalized spacial score (nSPS) is 18.6. The summed E-state index contributed by atoms with van der Waals surface area (Å²) in [5.41, 5.74) is 8.69. The lowest BCUT2D eigenvalue weighted by Crippen LogP contribution is -2.39. The topological polar surface area (TPSA) is 55.3 Å². The zero-order valence-electron chi connectivity index (χ0n) is 12.4. The van der Waals surface area contributed by atoms with E-state index in [1.54, 1.807) is 0 Å². The van der Waals surface area contributed by atoms with Crippen molar-refractivity contribution in [2.45, 2.75) is 39.5 Å². The van der Waals surface area contributed by atoms with Gasteiger partial charge in [-0.15, -0.1) is 0 Å². The Labute approximate surface area is 120 Å². The number of hydrogen-bond donors (Lipinski definition) is 1. The lowest BCUT2D eigenvalue weighted by atomic mass is 9.74. The van der Waals surface area contributed by atoms with Crippen LogP contribution in [0.4, 0.5) is 11.7 Å². The van der Waals surface area contributed by atoms with E-state index in [1.165, 1.54) is 25.7 Å². The van der Waals surface area contributed by atoms with Crippen molar-refractivity contribution in [2.75, 3.05) is 23.7 Å². The Morgan fingerprint density at radius 1 is 1.25 bits per heavy atom. The van der Waals surface area contributed by atoms with E-state index in [2.05, 4.69) is 23.7 Å². The molecule has 108 valence electrons. The highest BCUT2D eigenvalue weighted by Crippen LogP contribution is 2.39. The summed E-state index contributed by atoms with van der Waals surface area (Å²) in [5, 5.41) is 0. The van der Waals surface area contributed by atoms with Gasteiger partial charge in [0.2, 0.25) is 0 Å². The van der Waals surface area contributed by atoms with Crippen molar-refractivity contribution in [1.82, 2.24) is 4.98 Å². The van der Waals surface area contributed by atoms with Gasteiger partial charge in [0, 0.05) is 24.8 Å². The van der Waals surface area contributed by atoms with Crippen LogP contribution in [0.3, 0.4) is 0 Å². The fourth-order valence-corrected chi connectivity index (χ4v) is 3.19. The Balaban J connectivity index is 1.79. The molecule has 0 amide bonds. The van der Waals surface area contributed by atoms with E-state index >= 15 is 0 Å². The van der Waals surface area contributed by atoms with Crippen molar-refractivity contribution in [2.24, 2.45) is 5.41 Å². The van der Waals surface area contributed by atoms with Gasteiger partial charge in [-0.2, -0.15) is 4.98 Å². The molecule has 1 aliphatic rings. The van der Waals surface area contributed by atoms with Crippen LogP contribution >= 0.6 is 0 Å². The number of anilines is 2. The second-order valence-electron chi connectivity index (χ2n) is 5.92. The van der Waals surface area contributed by atoms with Gasteiger partial charge in [0.15, 0.2) is 5.58 Å². The molecule has 0 spiro atoms. The van der Waals surface area contributed by atoms with E-state index in [9.17, 15) is 0 Å². The Morgan fingerprint density at radius 2 is 1.95 bits per heavy atom. The number of aromatic nitrogens is 1. The van der Waals surface area contributed by atoms with Crippen LogP contribution in [0.15, 0.2) is 22.6 Å². The van der Waals surface area contributed by atoms with Crippen molar-refractivity contribution in [1.29, 1.82) is 0 Å². The smallest absolute Gasteiger partial charge is 0.298 e. The van der Waals surface area contributed by atoms with E-state index < -0.39 is 0 Å². The fourth-order valence-electron chi connectivity index (χ4n) is 3.19. The lowest BCUT2D eigenvalue weighted by Gasteiger charge is -2.40. The molecule has 1 fully saturated rings. The zero-order chi connectivity index (χ0) is 14.2. The molecule has 2 heterocycles. The van der Waals surface area contributed by atoms with E-state index in [-0.39, 0.29) is 0 Å². The summed E-state index contributed by atoms with van der Waals surface area (Å²) in [6.45, 7) is 6.68. The summed E-state index contributed by atoms with van der Waals surface area (Å²) in [5.74, 6) is 0. The number of nitrogens with zero attached hydrogens (tertiary/aromatic N) is 2. The second-order valence-corrected chi connectivity index (χ2v) is 5.92. The minimum absolute atomic E-state index is 0.521. The van der Waals surface area contributed by atoms with Crippen molar-refractivity contribution in [3.8, 4) is 0 Å². The zero-order valence-corrected chi connectivity index (χ0v) is 12.4. The molecule has 4 heteroatoms. The predicted molar refractivity (Wildman–Crippen MR) is 82.9 cm³/mol. The average Bonchev–Trinajstić information content (AvgIpc) is 2.90. The quantitative estimate of drug-likeness (QED) is 0.864. The highest BCUT2D eigenvalue weighted by Gasteiger charge is 2.32. The number of oxazole rings is 1. The number of nitrogen functional groups attached to an aromatic ring is 1.